The molecule has 4 N–H and O–H groups in total. The minimum absolute atomic E-state index is 0.0733. The molecule has 2 unspecified atom stereocenters. The number of piperidine rings is 1. The Balaban J connectivity index is 1.74. The lowest BCUT2D eigenvalue weighted by Crippen LogP contribution is -2.43. The number of nitrogens with zero attached hydrogens (tertiary/aromatic N) is 1. The summed E-state index contributed by atoms with van der Waals surface area (Å²) in [5, 5.41) is 6.24. The number of nitrogens with one attached hydrogen (secondary N) is 2. The number of nitrogen functional groups attached to an aromatic ring is 1. The summed E-state index contributed by atoms with van der Waals surface area (Å²) in [6, 6.07) is 6.57. The van der Waals surface area contributed by atoms with Crippen LogP contribution in [0.5, 0.6) is 0 Å². The van der Waals surface area contributed by atoms with Gasteiger partial charge in [0.2, 0.25) is 0 Å². The predicted octanol–water partition coefficient (Wildman–Crippen LogP) is 1.67. The summed E-state index contributed by atoms with van der Waals surface area (Å²) < 4.78 is 0. The van der Waals surface area contributed by atoms with Gasteiger partial charge in [0.05, 0.1) is 5.56 Å². The molecule has 0 saturated carbocycles. The molecule has 5 heteroatoms. The van der Waals surface area contributed by atoms with Gasteiger partial charge in [-0.05, 0) is 50.4 Å². The Kier molecular flexibility index (Phi) is 4.01. The third kappa shape index (κ3) is 2.97. The Morgan fingerprint density at radius 1 is 1.33 bits per heavy atom. The molecule has 0 aromatic heterocycles. The second kappa shape index (κ2) is 5.93. The molecule has 0 aliphatic carbocycles. The maximum Gasteiger partial charge on any atom is 0.253 e. The van der Waals surface area contributed by atoms with Crippen LogP contribution in [0.25, 0.3) is 0 Å². The van der Waals surface area contributed by atoms with Gasteiger partial charge < -0.3 is 21.3 Å². The first kappa shape index (κ1) is 14.2. The first-order valence-corrected chi connectivity index (χ1v) is 7.79. The molecule has 0 bridgehead atoms. The van der Waals surface area contributed by atoms with Crippen molar-refractivity contribution in [3.05, 3.63) is 23.8 Å². The molecule has 2 aliphatic heterocycles. The van der Waals surface area contributed by atoms with Crippen molar-refractivity contribution < 1.29 is 4.79 Å². The van der Waals surface area contributed by atoms with Gasteiger partial charge in [0.25, 0.3) is 5.91 Å². The Morgan fingerprint density at radius 3 is 3.00 bits per heavy atom. The SMILES string of the molecule is CNC(=O)c1ccc(N)cc1NC1CCN2CCCC2C1. The van der Waals surface area contributed by atoms with E-state index in [0.29, 0.717) is 23.3 Å². The van der Waals surface area contributed by atoms with Crippen molar-refractivity contribution in [1.82, 2.24) is 10.2 Å². The lowest BCUT2D eigenvalue weighted by atomic mass is 9.97. The molecule has 2 fully saturated rings. The van der Waals surface area contributed by atoms with E-state index in [9.17, 15) is 4.79 Å². The van der Waals surface area contributed by atoms with E-state index in [1.165, 1.54) is 19.4 Å². The summed E-state index contributed by atoms with van der Waals surface area (Å²) in [5.74, 6) is -0.0733. The number of amides is 1. The van der Waals surface area contributed by atoms with Gasteiger partial charge in [0, 0.05) is 37.1 Å². The molecule has 114 valence electrons. The summed E-state index contributed by atoms with van der Waals surface area (Å²) in [6.07, 6.45) is 4.90. The van der Waals surface area contributed by atoms with Gasteiger partial charge in [-0.1, -0.05) is 0 Å². The highest BCUT2D eigenvalue weighted by Gasteiger charge is 2.31. The highest BCUT2D eigenvalue weighted by atomic mass is 16.1. The summed E-state index contributed by atoms with van der Waals surface area (Å²) in [6.45, 7) is 2.40. The van der Waals surface area contributed by atoms with Crippen molar-refractivity contribution in [3.63, 3.8) is 0 Å². The van der Waals surface area contributed by atoms with Crippen molar-refractivity contribution in [2.24, 2.45) is 0 Å². The molecule has 2 atom stereocenters. The van der Waals surface area contributed by atoms with Crippen LogP contribution >= 0.6 is 0 Å². The number of carbonyl (C=O) groups excluding carboxylic acids is 1. The van der Waals surface area contributed by atoms with E-state index in [-0.39, 0.29) is 5.91 Å². The minimum Gasteiger partial charge on any atom is -0.399 e. The van der Waals surface area contributed by atoms with Crippen LogP contribution in [-0.4, -0.2) is 43.0 Å². The topological polar surface area (TPSA) is 70.4 Å². The van der Waals surface area contributed by atoms with E-state index in [2.05, 4.69) is 15.5 Å². The quantitative estimate of drug-likeness (QED) is 0.740. The zero-order valence-electron chi connectivity index (χ0n) is 12.6. The molecule has 1 aromatic carbocycles. The average Bonchev–Trinajstić information content (AvgIpc) is 2.94. The fourth-order valence-electron chi connectivity index (χ4n) is 3.59. The lowest BCUT2D eigenvalue weighted by Gasteiger charge is -2.35. The first-order valence-electron chi connectivity index (χ1n) is 7.79. The Bertz CT molecular complexity index is 531. The Labute approximate surface area is 125 Å². The first-order chi connectivity index (χ1) is 10.2. The zero-order valence-corrected chi connectivity index (χ0v) is 12.6. The zero-order chi connectivity index (χ0) is 14.8. The van der Waals surface area contributed by atoms with Crippen LogP contribution in [0.1, 0.15) is 36.0 Å². The van der Waals surface area contributed by atoms with Crippen molar-refractivity contribution in [1.29, 1.82) is 0 Å². The molecular formula is C16H24N4O. The molecule has 0 spiro atoms. The number of benzene rings is 1. The molecule has 2 heterocycles. The molecule has 0 radical (unpaired) electrons. The summed E-state index contributed by atoms with van der Waals surface area (Å²) in [7, 11) is 1.65. The van der Waals surface area contributed by atoms with Gasteiger partial charge in [-0.15, -0.1) is 0 Å². The number of carbonyl (C=O) groups is 1. The van der Waals surface area contributed by atoms with E-state index < -0.39 is 0 Å². The monoisotopic (exact) mass is 288 g/mol. The van der Waals surface area contributed by atoms with Crippen LogP contribution in [-0.2, 0) is 0 Å². The van der Waals surface area contributed by atoms with E-state index in [1.54, 1.807) is 19.2 Å². The number of rotatable bonds is 3. The van der Waals surface area contributed by atoms with E-state index in [1.807, 2.05) is 6.07 Å². The molecule has 21 heavy (non-hydrogen) atoms. The lowest BCUT2D eigenvalue weighted by molar-refractivity contribution is 0.0964. The van der Waals surface area contributed by atoms with Crippen molar-refractivity contribution in [2.45, 2.75) is 37.8 Å². The maximum atomic E-state index is 12.0. The second-order valence-corrected chi connectivity index (χ2v) is 6.08. The molecule has 3 rings (SSSR count). The highest BCUT2D eigenvalue weighted by Crippen LogP contribution is 2.29. The van der Waals surface area contributed by atoms with Gasteiger partial charge in [0.15, 0.2) is 0 Å². The van der Waals surface area contributed by atoms with Gasteiger partial charge >= 0.3 is 0 Å². The van der Waals surface area contributed by atoms with Crippen LogP contribution in [0, 0.1) is 0 Å². The average molecular weight is 288 g/mol. The van der Waals surface area contributed by atoms with Crippen LogP contribution in [0.15, 0.2) is 18.2 Å². The third-order valence-electron chi connectivity index (χ3n) is 4.70. The van der Waals surface area contributed by atoms with Gasteiger partial charge in [-0.2, -0.15) is 0 Å². The molecule has 1 aromatic rings. The third-order valence-corrected chi connectivity index (χ3v) is 4.70. The fraction of sp³-hybridized carbons (Fsp3) is 0.562. The molecule has 1 amide bonds. The molecule has 5 nitrogen and oxygen atoms in total. The molecule has 2 saturated heterocycles. The predicted molar refractivity (Wildman–Crippen MR) is 85.5 cm³/mol. The highest BCUT2D eigenvalue weighted by molar-refractivity contribution is 6.00. The Morgan fingerprint density at radius 2 is 2.19 bits per heavy atom. The normalized spacial score (nSPS) is 25.4. The van der Waals surface area contributed by atoms with Crippen LogP contribution < -0.4 is 16.4 Å². The fourth-order valence-corrected chi connectivity index (χ4v) is 3.59. The van der Waals surface area contributed by atoms with E-state index in [0.717, 1.165) is 25.1 Å². The van der Waals surface area contributed by atoms with Crippen LogP contribution in [0.2, 0.25) is 0 Å². The Hall–Kier alpha value is -1.75. The number of fused-ring (bicyclic) bond motifs is 1. The number of nitrogens with two attached hydrogens (primary N) is 1. The maximum absolute atomic E-state index is 12.0. The smallest absolute Gasteiger partial charge is 0.253 e. The van der Waals surface area contributed by atoms with Crippen molar-refractivity contribution >= 4 is 17.3 Å². The van der Waals surface area contributed by atoms with Gasteiger partial charge in [-0.25, -0.2) is 0 Å². The number of anilines is 2. The molecular weight excluding hydrogens is 264 g/mol. The summed E-state index contributed by atoms with van der Waals surface area (Å²) >= 11 is 0. The van der Waals surface area contributed by atoms with E-state index >= 15 is 0 Å². The second-order valence-electron chi connectivity index (χ2n) is 6.08. The number of hydrogen-bond acceptors (Lipinski definition) is 4. The number of hydrogen-bond donors (Lipinski definition) is 3. The van der Waals surface area contributed by atoms with Crippen LogP contribution in [0.3, 0.4) is 0 Å². The standard InChI is InChI=1S/C16H24N4O/c1-18-16(21)14-5-4-11(17)9-15(14)19-12-6-8-20-7-2-3-13(20)10-12/h4-5,9,12-13,19H,2-3,6-8,10,17H2,1H3,(H,18,21). The summed E-state index contributed by atoms with van der Waals surface area (Å²) in [4.78, 5) is 14.6. The van der Waals surface area contributed by atoms with E-state index in [4.69, 9.17) is 5.73 Å². The van der Waals surface area contributed by atoms with Crippen LogP contribution in [0.4, 0.5) is 11.4 Å². The summed E-state index contributed by atoms with van der Waals surface area (Å²) in [5.41, 5.74) is 8.08. The van der Waals surface area contributed by atoms with Crippen molar-refractivity contribution in [2.75, 3.05) is 31.2 Å². The van der Waals surface area contributed by atoms with Gasteiger partial charge in [-0.3, -0.25) is 4.79 Å². The molecule has 2 aliphatic rings. The van der Waals surface area contributed by atoms with Crippen molar-refractivity contribution in [3.8, 4) is 0 Å². The minimum atomic E-state index is -0.0733. The largest absolute Gasteiger partial charge is 0.399 e. The van der Waals surface area contributed by atoms with Gasteiger partial charge in [0.1, 0.15) is 0 Å².